The predicted octanol–water partition coefficient (Wildman–Crippen LogP) is 2.51. The van der Waals surface area contributed by atoms with Gasteiger partial charge in [-0.15, -0.1) is 0 Å². The fourth-order valence-electron chi connectivity index (χ4n) is 2.02. The van der Waals surface area contributed by atoms with Gasteiger partial charge in [-0.2, -0.15) is 26.3 Å². The molecule has 0 bridgehead atoms. The van der Waals surface area contributed by atoms with Crippen LogP contribution in [0.5, 0.6) is 0 Å². The third kappa shape index (κ3) is 3.98. The smallest absolute Gasteiger partial charge is 0.261 e. The van der Waals surface area contributed by atoms with Crippen molar-refractivity contribution in [1.82, 2.24) is 0 Å². The highest BCUT2D eigenvalue weighted by Crippen LogP contribution is 2.46. The fraction of sp³-hybridized carbons (Fsp3) is 0.889. The second kappa shape index (κ2) is 6.42. The lowest BCUT2D eigenvalue weighted by atomic mass is 10.3. The van der Waals surface area contributed by atoms with Crippen LogP contribution in [0.1, 0.15) is 6.42 Å². The lowest BCUT2D eigenvalue weighted by Gasteiger charge is -2.35. The molecule has 0 aromatic carbocycles. The lowest BCUT2D eigenvalue weighted by molar-refractivity contribution is -0.128. The van der Waals surface area contributed by atoms with Crippen LogP contribution in [0.2, 0.25) is 0 Å². The molecule has 1 aliphatic carbocycles. The van der Waals surface area contributed by atoms with Crippen LogP contribution in [0.4, 0.5) is 43.9 Å². The molecule has 0 aliphatic heterocycles. The first-order valence-corrected chi connectivity index (χ1v) is 8.92. The van der Waals surface area contributed by atoms with Crippen LogP contribution >= 0.6 is 0 Å². The van der Waals surface area contributed by atoms with Gasteiger partial charge in [-0.1, -0.05) is 11.0 Å². The van der Waals surface area contributed by atoms with E-state index in [1.54, 1.807) is 0 Å². The number of rotatable bonds is 4. The minimum atomic E-state index is -7.22. The zero-order chi connectivity index (χ0) is 20.2. The Hall–Kier alpha value is -0.800. The van der Waals surface area contributed by atoms with Gasteiger partial charge in [0.1, 0.15) is 15.1 Å². The number of alkyl halides is 10. The van der Waals surface area contributed by atoms with Crippen LogP contribution in [0.15, 0.2) is 0 Å². The summed E-state index contributed by atoms with van der Waals surface area (Å²) in [4.78, 5) is 0. The standard InChI is InChI=1S/C9H7F10O4S2/c10-3-4(11)6(13)7(5(3)12)24(20,21)2(1-8(14,15)16)25(22,23)9(17,18)19/h3-7H,1H2/q-1. The van der Waals surface area contributed by atoms with Crippen LogP contribution in [0, 0.1) is 4.58 Å². The number of hydrogen-bond acceptors (Lipinski definition) is 4. The molecule has 1 aliphatic rings. The normalized spacial score (nSPS) is 32.4. The molecule has 0 heterocycles. The van der Waals surface area contributed by atoms with Gasteiger partial charge in [0, 0.05) is 9.84 Å². The summed E-state index contributed by atoms with van der Waals surface area (Å²) >= 11 is 0. The molecule has 0 amide bonds. The Bertz CT molecular complexity index is 683. The van der Waals surface area contributed by atoms with Gasteiger partial charge in [0.05, 0.1) is 0 Å². The Labute approximate surface area is 134 Å². The molecule has 0 N–H and O–H groups in total. The van der Waals surface area contributed by atoms with E-state index < -0.39 is 72.3 Å². The molecule has 0 saturated heterocycles. The highest BCUT2D eigenvalue weighted by Gasteiger charge is 2.60. The first-order valence-electron chi connectivity index (χ1n) is 5.90. The van der Waals surface area contributed by atoms with E-state index in [1.165, 1.54) is 0 Å². The van der Waals surface area contributed by atoms with Crippen molar-refractivity contribution in [3.05, 3.63) is 4.58 Å². The predicted molar refractivity (Wildman–Crippen MR) is 61.2 cm³/mol. The van der Waals surface area contributed by atoms with E-state index in [2.05, 4.69) is 0 Å². The van der Waals surface area contributed by atoms with Gasteiger partial charge >= 0.3 is 11.7 Å². The van der Waals surface area contributed by atoms with Crippen LogP contribution in [-0.2, 0) is 19.7 Å². The van der Waals surface area contributed by atoms with Crippen molar-refractivity contribution in [2.24, 2.45) is 0 Å². The highest BCUT2D eigenvalue weighted by molar-refractivity contribution is 8.13. The summed E-state index contributed by atoms with van der Waals surface area (Å²) in [6.45, 7) is 0. The monoisotopic (exact) mass is 433 g/mol. The number of sulfone groups is 2. The van der Waals surface area contributed by atoms with Crippen molar-refractivity contribution in [3.63, 3.8) is 0 Å². The van der Waals surface area contributed by atoms with Crippen molar-refractivity contribution in [3.8, 4) is 0 Å². The molecule has 0 aromatic heterocycles. The quantitative estimate of drug-likeness (QED) is 0.505. The van der Waals surface area contributed by atoms with Crippen molar-refractivity contribution in [2.75, 3.05) is 0 Å². The molecule has 1 saturated carbocycles. The van der Waals surface area contributed by atoms with Gasteiger partial charge < -0.3 is 0 Å². The Morgan fingerprint density at radius 3 is 1.36 bits per heavy atom. The minimum absolute atomic E-state index is 3.25. The summed E-state index contributed by atoms with van der Waals surface area (Å²) in [7, 11) is -13.8. The van der Waals surface area contributed by atoms with Crippen molar-refractivity contribution < 1.29 is 60.7 Å². The molecule has 16 heteroatoms. The second-order valence-corrected chi connectivity index (χ2v) is 9.25. The molecule has 0 aromatic rings. The maximum absolute atomic E-state index is 13.5. The summed E-state index contributed by atoms with van der Waals surface area (Å²) in [5.74, 6) is 0. The van der Waals surface area contributed by atoms with E-state index in [0.717, 1.165) is 0 Å². The highest BCUT2D eigenvalue weighted by atomic mass is 32.3. The van der Waals surface area contributed by atoms with Gasteiger partial charge in [0.2, 0.25) is 0 Å². The molecule has 4 nitrogen and oxygen atoms in total. The van der Waals surface area contributed by atoms with E-state index in [-0.39, 0.29) is 0 Å². The van der Waals surface area contributed by atoms with Crippen molar-refractivity contribution in [2.45, 2.75) is 48.0 Å². The van der Waals surface area contributed by atoms with Gasteiger partial charge in [0.25, 0.3) is 0 Å². The third-order valence-electron chi connectivity index (χ3n) is 3.17. The van der Waals surface area contributed by atoms with Gasteiger partial charge in [-0.25, -0.2) is 17.6 Å². The van der Waals surface area contributed by atoms with E-state index in [0.29, 0.717) is 0 Å². The third-order valence-corrected chi connectivity index (χ3v) is 7.89. The number of halogens is 10. The average molecular weight is 433 g/mol. The topological polar surface area (TPSA) is 68.3 Å². The fourth-order valence-corrected chi connectivity index (χ4v) is 6.13. The summed E-state index contributed by atoms with van der Waals surface area (Å²) in [5, 5.41) is -3.72. The summed E-state index contributed by atoms with van der Waals surface area (Å²) < 4.78 is 170. The lowest BCUT2D eigenvalue weighted by Crippen LogP contribution is -2.45. The minimum Gasteiger partial charge on any atom is -0.261 e. The van der Waals surface area contributed by atoms with Gasteiger partial charge in [-0.05, 0) is 0 Å². The molecule has 4 unspecified atom stereocenters. The van der Waals surface area contributed by atoms with Crippen LogP contribution in [-0.4, -0.2) is 58.5 Å². The average Bonchev–Trinajstić information content (AvgIpc) is 2.58. The SMILES string of the molecule is O=S(=O)([C-](CC(F)(F)F)S(=O)(=O)C(F)(F)F)C1C(F)C(F)C(F)C1F. The Kier molecular flexibility index (Phi) is 5.71. The maximum atomic E-state index is 13.5. The Morgan fingerprint density at radius 2 is 1.08 bits per heavy atom. The number of hydrogen-bond donors (Lipinski definition) is 0. The van der Waals surface area contributed by atoms with E-state index in [1.807, 2.05) is 0 Å². The zero-order valence-corrected chi connectivity index (χ0v) is 13.0. The molecule has 150 valence electrons. The summed E-state index contributed by atoms with van der Waals surface area (Å²) in [5.41, 5.74) is -6.57. The molecule has 4 atom stereocenters. The van der Waals surface area contributed by atoms with Crippen molar-refractivity contribution >= 4 is 19.7 Å². The van der Waals surface area contributed by atoms with E-state index in [9.17, 15) is 60.7 Å². The molecule has 0 spiro atoms. The maximum Gasteiger partial charge on any atom is 0.469 e. The van der Waals surface area contributed by atoms with E-state index >= 15 is 0 Å². The molecule has 0 radical (unpaired) electrons. The van der Waals surface area contributed by atoms with Crippen LogP contribution < -0.4 is 0 Å². The Morgan fingerprint density at radius 1 is 0.720 bits per heavy atom. The zero-order valence-electron chi connectivity index (χ0n) is 11.3. The van der Waals surface area contributed by atoms with Crippen LogP contribution in [0.25, 0.3) is 0 Å². The Balaban J connectivity index is 3.55. The molecule has 25 heavy (non-hydrogen) atoms. The van der Waals surface area contributed by atoms with Crippen molar-refractivity contribution in [1.29, 1.82) is 0 Å². The summed E-state index contributed by atoms with van der Waals surface area (Å²) in [6.07, 6.45) is -23.6. The molecular formula is C9H7F10O4S2-. The second-order valence-electron chi connectivity index (χ2n) is 4.90. The van der Waals surface area contributed by atoms with E-state index in [4.69, 9.17) is 0 Å². The van der Waals surface area contributed by atoms with Crippen LogP contribution in [0.3, 0.4) is 0 Å². The van der Waals surface area contributed by atoms with Gasteiger partial charge in [0.15, 0.2) is 24.7 Å². The molecule has 1 fully saturated rings. The van der Waals surface area contributed by atoms with Gasteiger partial charge in [-0.3, -0.25) is 16.8 Å². The summed E-state index contributed by atoms with van der Waals surface area (Å²) in [6, 6.07) is 0. The first-order chi connectivity index (χ1) is 10.9. The first kappa shape index (κ1) is 22.2. The molecule has 1 rings (SSSR count). The molecular weight excluding hydrogens is 426 g/mol. The largest absolute Gasteiger partial charge is 0.469 e.